The van der Waals surface area contributed by atoms with Crippen molar-refractivity contribution in [3.8, 4) is 0 Å². The zero-order valence-electron chi connectivity index (χ0n) is 13.5. The maximum absolute atomic E-state index is 13.1. The normalized spacial score (nSPS) is 17.0. The van der Waals surface area contributed by atoms with Crippen LogP contribution in [0.25, 0.3) is 10.2 Å². The zero-order chi connectivity index (χ0) is 16.6. The fraction of sp³-hybridized carbons (Fsp3) is 0.353. The van der Waals surface area contributed by atoms with E-state index < -0.39 is 5.54 Å². The number of carbonyl (C=O) groups excluding carboxylic acids is 1. The topological polar surface area (TPSA) is 71.8 Å². The van der Waals surface area contributed by atoms with Gasteiger partial charge < -0.3 is 10.6 Å². The van der Waals surface area contributed by atoms with Gasteiger partial charge in [-0.05, 0) is 57.1 Å². The van der Waals surface area contributed by atoms with Gasteiger partial charge in [-0.15, -0.1) is 11.3 Å². The van der Waals surface area contributed by atoms with E-state index in [0.29, 0.717) is 0 Å². The van der Waals surface area contributed by atoms with Crippen LogP contribution in [0.15, 0.2) is 36.7 Å². The lowest BCUT2D eigenvalue weighted by Crippen LogP contribution is -2.52. The number of rotatable bonds is 3. The second kappa shape index (κ2) is 5.99. The number of amides is 1. The minimum absolute atomic E-state index is 0.00622. The summed E-state index contributed by atoms with van der Waals surface area (Å²) in [5, 5.41) is 11.8. The number of aryl methyl sites for hydroxylation is 1. The molecule has 24 heavy (non-hydrogen) atoms. The summed E-state index contributed by atoms with van der Waals surface area (Å²) in [4.78, 5) is 17.6. The monoisotopic (exact) mass is 341 g/mol. The van der Waals surface area contributed by atoms with Crippen LogP contribution < -0.4 is 10.6 Å². The van der Waals surface area contributed by atoms with Crippen molar-refractivity contribution in [2.75, 3.05) is 18.4 Å². The molecule has 0 atom stereocenters. The Morgan fingerprint density at radius 3 is 2.96 bits per heavy atom. The molecule has 124 valence electrons. The number of thiazole rings is 1. The van der Waals surface area contributed by atoms with E-state index in [4.69, 9.17) is 0 Å². The highest BCUT2D eigenvalue weighted by Crippen LogP contribution is 2.30. The van der Waals surface area contributed by atoms with Crippen molar-refractivity contribution in [1.29, 1.82) is 0 Å². The molecule has 7 heteroatoms. The zero-order valence-corrected chi connectivity index (χ0v) is 14.3. The van der Waals surface area contributed by atoms with Gasteiger partial charge in [0.05, 0.1) is 15.2 Å². The molecule has 4 rings (SSSR count). The van der Waals surface area contributed by atoms with E-state index >= 15 is 0 Å². The molecule has 0 unspecified atom stereocenters. The highest BCUT2D eigenvalue weighted by molar-refractivity contribution is 7.18. The first kappa shape index (κ1) is 15.3. The second-order valence-corrected chi connectivity index (χ2v) is 7.34. The number of nitrogens with zero attached hydrogens (tertiary/aromatic N) is 3. The predicted octanol–water partition coefficient (Wildman–Crippen LogP) is 2.52. The van der Waals surface area contributed by atoms with Crippen LogP contribution in [-0.4, -0.2) is 33.8 Å². The first-order valence-corrected chi connectivity index (χ1v) is 8.89. The Morgan fingerprint density at radius 2 is 2.21 bits per heavy atom. The number of hydrogen-bond donors (Lipinski definition) is 2. The van der Waals surface area contributed by atoms with Crippen molar-refractivity contribution in [2.24, 2.45) is 0 Å². The lowest BCUT2D eigenvalue weighted by molar-refractivity contribution is -0.126. The number of hydrogen-bond acceptors (Lipinski definition) is 5. The highest BCUT2D eigenvalue weighted by atomic mass is 32.1. The minimum atomic E-state index is -0.632. The number of anilines is 1. The summed E-state index contributed by atoms with van der Waals surface area (Å²) >= 11 is 1.64. The first-order chi connectivity index (χ1) is 11.7. The van der Waals surface area contributed by atoms with Crippen molar-refractivity contribution in [2.45, 2.75) is 25.3 Å². The van der Waals surface area contributed by atoms with Crippen LogP contribution in [0.1, 0.15) is 17.8 Å². The van der Waals surface area contributed by atoms with Crippen molar-refractivity contribution in [1.82, 2.24) is 20.1 Å². The van der Waals surface area contributed by atoms with E-state index in [1.54, 1.807) is 22.2 Å². The van der Waals surface area contributed by atoms with E-state index in [-0.39, 0.29) is 5.91 Å². The number of nitrogens with one attached hydrogen (secondary N) is 2. The van der Waals surface area contributed by atoms with Gasteiger partial charge in [-0.3, -0.25) is 9.48 Å². The minimum Gasteiger partial charge on any atom is -0.324 e. The number of fused-ring (bicyclic) bond motifs is 1. The van der Waals surface area contributed by atoms with Gasteiger partial charge in [-0.25, -0.2) is 4.98 Å². The van der Waals surface area contributed by atoms with Gasteiger partial charge in [-0.2, -0.15) is 5.10 Å². The molecule has 0 bridgehead atoms. The molecular formula is C17H19N5OS. The van der Waals surface area contributed by atoms with E-state index in [1.807, 2.05) is 37.4 Å². The molecule has 6 nitrogen and oxygen atoms in total. The maximum Gasteiger partial charge on any atom is 0.252 e. The average Bonchev–Trinajstić information content (AvgIpc) is 3.24. The maximum atomic E-state index is 13.1. The van der Waals surface area contributed by atoms with Crippen molar-refractivity contribution in [3.63, 3.8) is 0 Å². The summed E-state index contributed by atoms with van der Waals surface area (Å²) in [5.41, 5.74) is 1.15. The van der Waals surface area contributed by atoms with Gasteiger partial charge in [0.2, 0.25) is 0 Å². The van der Waals surface area contributed by atoms with Crippen LogP contribution in [0, 0.1) is 6.92 Å². The highest BCUT2D eigenvalue weighted by Gasteiger charge is 2.42. The third-order valence-electron chi connectivity index (χ3n) is 4.55. The standard InChI is InChI=1S/C17H19N5OS/c1-12-20-14-4-3-13(11-15(14)24-12)21-16(23)17(5-8-18-9-6-17)22-10-2-7-19-22/h2-4,7,10-11,18H,5-6,8-9H2,1H3,(H,21,23). The van der Waals surface area contributed by atoms with Crippen LogP contribution in [0.4, 0.5) is 5.69 Å². The Hall–Kier alpha value is -2.25. The summed E-state index contributed by atoms with van der Waals surface area (Å²) in [6.45, 7) is 3.60. The second-order valence-electron chi connectivity index (χ2n) is 6.10. The molecule has 1 aliphatic heterocycles. The van der Waals surface area contributed by atoms with Gasteiger partial charge in [0.15, 0.2) is 0 Å². The molecule has 2 N–H and O–H groups in total. The molecule has 2 aromatic heterocycles. The summed E-state index contributed by atoms with van der Waals surface area (Å²) in [6.07, 6.45) is 5.05. The molecule has 0 aliphatic carbocycles. The smallest absolute Gasteiger partial charge is 0.252 e. The van der Waals surface area contributed by atoms with Gasteiger partial charge >= 0.3 is 0 Å². The average molecular weight is 341 g/mol. The molecule has 1 aromatic carbocycles. The molecular weight excluding hydrogens is 322 g/mol. The molecule has 1 fully saturated rings. The number of benzene rings is 1. The third kappa shape index (κ3) is 2.59. The van der Waals surface area contributed by atoms with E-state index in [1.165, 1.54) is 0 Å². The molecule has 1 saturated heterocycles. The Labute approximate surface area is 143 Å². The number of carbonyl (C=O) groups is 1. The summed E-state index contributed by atoms with van der Waals surface area (Å²) < 4.78 is 2.89. The van der Waals surface area contributed by atoms with Crippen LogP contribution >= 0.6 is 11.3 Å². The predicted molar refractivity (Wildman–Crippen MR) is 95.3 cm³/mol. The van der Waals surface area contributed by atoms with Gasteiger partial charge in [0, 0.05) is 18.1 Å². The number of piperidine rings is 1. The number of aromatic nitrogens is 3. The van der Waals surface area contributed by atoms with E-state index in [9.17, 15) is 4.79 Å². The largest absolute Gasteiger partial charge is 0.324 e. The van der Waals surface area contributed by atoms with E-state index in [0.717, 1.165) is 46.8 Å². The molecule has 3 aromatic rings. The lowest BCUT2D eigenvalue weighted by atomic mass is 9.87. The lowest BCUT2D eigenvalue weighted by Gasteiger charge is -2.36. The molecule has 1 amide bonds. The molecule has 0 saturated carbocycles. The van der Waals surface area contributed by atoms with Gasteiger partial charge in [0.25, 0.3) is 5.91 Å². The van der Waals surface area contributed by atoms with Crippen molar-refractivity contribution >= 4 is 33.1 Å². The Bertz CT molecular complexity index is 864. The van der Waals surface area contributed by atoms with Gasteiger partial charge in [-0.1, -0.05) is 0 Å². The quantitative estimate of drug-likeness (QED) is 0.768. The fourth-order valence-corrected chi connectivity index (χ4v) is 4.15. The summed E-state index contributed by atoms with van der Waals surface area (Å²) in [7, 11) is 0. The van der Waals surface area contributed by atoms with E-state index in [2.05, 4.69) is 20.7 Å². The summed E-state index contributed by atoms with van der Waals surface area (Å²) in [5.74, 6) is -0.00622. The van der Waals surface area contributed by atoms with Gasteiger partial charge in [0.1, 0.15) is 5.54 Å². The Morgan fingerprint density at radius 1 is 1.38 bits per heavy atom. The Kier molecular flexibility index (Phi) is 3.82. The van der Waals surface area contributed by atoms with Crippen LogP contribution in [0.2, 0.25) is 0 Å². The van der Waals surface area contributed by atoms with Crippen LogP contribution in [-0.2, 0) is 10.3 Å². The molecule has 0 radical (unpaired) electrons. The van der Waals surface area contributed by atoms with Crippen molar-refractivity contribution < 1.29 is 4.79 Å². The molecule has 1 aliphatic rings. The first-order valence-electron chi connectivity index (χ1n) is 8.07. The Balaban J connectivity index is 1.64. The summed E-state index contributed by atoms with van der Waals surface area (Å²) in [6, 6.07) is 7.73. The van der Waals surface area contributed by atoms with Crippen LogP contribution in [0.3, 0.4) is 0 Å². The SMILES string of the molecule is Cc1nc2ccc(NC(=O)C3(n4cccn4)CCNCC3)cc2s1. The third-order valence-corrected chi connectivity index (χ3v) is 5.48. The van der Waals surface area contributed by atoms with Crippen LogP contribution in [0.5, 0.6) is 0 Å². The fourth-order valence-electron chi connectivity index (χ4n) is 3.29. The van der Waals surface area contributed by atoms with Crippen molar-refractivity contribution in [3.05, 3.63) is 41.7 Å². The molecule has 3 heterocycles. The molecule has 0 spiro atoms.